The summed E-state index contributed by atoms with van der Waals surface area (Å²) in [6, 6.07) is 28.1. The summed E-state index contributed by atoms with van der Waals surface area (Å²) >= 11 is 0. The predicted molar refractivity (Wildman–Crippen MR) is 149 cm³/mol. The van der Waals surface area contributed by atoms with Gasteiger partial charge in [-0.25, -0.2) is 0 Å². The molecule has 3 heteroatoms. The van der Waals surface area contributed by atoms with Gasteiger partial charge in [0, 0.05) is 5.69 Å². The molecule has 0 saturated carbocycles. The Bertz CT molecular complexity index is 1290. The third kappa shape index (κ3) is 4.72. The molecule has 0 bridgehead atoms. The van der Waals surface area contributed by atoms with Crippen molar-refractivity contribution in [2.24, 2.45) is 5.10 Å². The van der Waals surface area contributed by atoms with Crippen LogP contribution >= 0.6 is 0 Å². The molecule has 1 unspecified atom stereocenters. The second-order valence-electron chi connectivity index (χ2n) is 10.3. The molecule has 176 valence electrons. The Morgan fingerprint density at radius 3 is 2.11 bits per heavy atom. The zero-order chi connectivity index (χ0) is 24.4. The van der Waals surface area contributed by atoms with Crippen LogP contribution in [0.4, 0.5) is 5.69 Å². The molecule has 5 rings (SSSR count). The fourth-order valence-electron chi connectivity index (χ4n) is 4.73. The van der Waals surface area contributed by atoms with Crippen LogP contribution in [0.25, 0.3) is 11.6 Å². The van der Waals surface area contributed by atoms with Gasteiger partial charge < -0.3 is 0 Å². The lowest BCUT2D eigenvalue weighted by atomic mass is 9.86. The second kappa shape index (κ2) is 9.42. The second-order valence-corrected chi connectivity index (χ2v) is 10.3. The van der Waals surface area contributed by atoms with E-state index < -0.39 is 0 Å². The van der Waals surface area contributed by atoms with E-state index in [1.54, 1.807) is 0 Å². The highest BCUT2D eigenvalue weighted by molar-refractivity contribution is 6.11. The Labute approximate surface area is 209 Å². The third-order valence-corrected chi connectivity index (χ3v) is 6.86. The highest BCUT2D eigenvalue weighted by Crippen LogP contribution is 2.35. The SMILES string of the molecule is C=Cc1ccc(C2=CC=C(C3=NNC(c4ccc(C(C)(C)C)cc4)N3c3ccccc3)CC2)cc1. The molecule has 2 aliphatic rings. The van der Waals surface area contributed by atoms with Crippen LogP contribution in [-0.4, -0.2) is 5.84 Å². The molecule has 0 amide bonds. The van der Waals surface area contributed by atoms with E-state index in [9.17, 15) is 0 Å². The molecule has 3 nitrogen and oxygen atoms in total. The highest BCUT2D eigenvalue weighted by atomic mass is 15.5. The molecule has 1 aliphatic carbocycles. The summed E-state index contributed by atoms with van der Waals surface area (Å²) in [7, 11) is 0. The fourth-order valence-corrected chi connectivity index (χ4v) is 4.73. The van der Waals surface area contributed by atoms with Gasteiger partial charge >= 0.3 is 0 Å². The first-order chi connectivity index (χ1) is 16.9. The Kier molecular flexibility index (Phi) is 6.17. The van der Waals surface area contributed by atoms with Crippen LogP contribution in [0, 0.1) is 0 Å². The van der Waals surface area contributed by atoms with E-state index in [-0.39, 0.29) is 11.6 Å². The topological polar surface area (TPSA) is 27.6 Å². The van der Waals surface area contributed by atoms with E-state index >= 15 is 0 Å². The highest BCUT2D eigenvalue weighted by Gasteiger charge is 2.32. The first kappa shape index (κ1) is 22.9. The van der Waals surface area contributed by atoms with Crippen molar-refractivity contribution < 1.29 is 0 Å². The number of hydrogen-bond donors (Lipinski definition) is 1. The number of hydrogen-bond acceptors (Lipinski definition) is 3. The fraction of sp³-hybridized carbons (Fsp3) is 0.219. The van der Waals surface area contributed by atoms with Crippen LogP contribution in [0.3, 0.4) is 0 Å². The Balaban J connectivity index is 1.45. The predicted octanol–water partition coefficient (Wildman–Crippen LogP) is 7.85. The van der Waals surface area contributed by atoms with Crippen LogP contribution < -0.4 is 10.3 Å². The van der Waals surface area contributed by atoms with Crippen LogP contribution in [0.1, 0.15) is 62.0 Å². The Hall–Kier alpha value is -3.85. The van der Waals surface area contributed by atoms with Gasteiger partial charge in [0.1, 0.15) is 6.17 Å². The molecule has 1 atom stereocenters. The number of amidine groups is 1. The molecule has 1 heterocycles. The van der Waals surface area contributed by atoms with Crippen molar-refractivity contribution in [1.29, 1.82) is 0 Å². The zero-order valence-electron chi connectivity index (χ0n) is 20.8. The van der Waals surface area contributed by atoms with Gasteiger partial charge in [-0.05, 0) is 63.8 Å². The van der Waals surface area contributed by atoms with Gasteiger partial charge in [0.05, 0.1) is 0 Å². The molecule has 35 heavy (non-hydrogen) atoms. The molecule has 0 saturated heterocycles. The van der Waals surface area contributed by atoms with Crippen molar-refractivity contribution in [3.8, 4) is 0 Å². The summed E-state index contributed by atoms with van der Waals surface area (Å²) < 4.78 is 0. The number of nitrogens with zero attached hydrogens (tertiary/aromatic N) is 2. The maximum Gasteiger partial charge on any atom is 0.158 e. The first-order valence-electron chi connectivity index (χ1n) is 12.3. The molecule has 3 aromatic rings. The largest absolute Gasteiger partial charge is 0.298 e. The minimum atomic E-state index is -0.0425. The van der Waals surface area contributed by atoms with E-state index in [4.69, 9.17) is 5.10 Å². The number of hydrazone groups is 1. The molecular formula is C32H33N3. The molecular weight excluding hydrogens is 426 g/mol. The quantitative estimate of drug-likeness (QED) is 0.421. The van der Waals surface area contributed by atoms with Gasteiger partial charge in [-0.15, -0.1) is 0 Å². The summed E-state index contributed by atoms with van der Waals surface area (Å²) in [4.78, 5) is 2.33. The van der Waals surface area contributed by atoms with E-state index in [1.807, 2.05) is 6.08 Å². The lowest BCUT2D eigenvalue weighted by Gasteiger charge is -2.29. The monoisotopic (exact) mass is 459 g/mol. The number of nitrogens with one attached hydrogen (secondary N) is 1. The Morgan fingerprint density at radius 2 is 1.51 bits per heavy atom. The van der Waals surface area contributed by atoms with Gasteiger partial charge in [0.2, 0.25) is 0 Å². The van der Waals surface area contributed by atoms with Crippen LogP contribution in [0.15, 0.2) is 108 Å². The summed E-state index contributed by atoms with van der Waals surface area (Å²) in [6.07, 6.45) is 8.27. The summed E-state index contributed by atoms with van der Waals surface area (Å²) in [5.41, 5.74) is 12.3. The molecule has 1 aliphatic heterocycles. The van der Waals surface area contributed by atoms with Crippen molar-refractivity contribution in [2.45, 2.75) is 45.2 Å². The minimum absolute atomic E-state index is 0.0425. The van der Waals surface area contributed by atoms with Gasteiger partial charge in [0.15, 0.2) is 5.84 Å². The molecule has 0 spiro atoms. The Morgan fingerprint density at radius 1 is 0.857 bits per heavy atom. The molecule has 0 fully saturated rings. The maximum absolute atomic E-state index is 4.85. The van der Waals surface area contributed by atoms with Crippen molar-refractivity contribution in [1.82, 2.24) is 5.43 Å². The van der Waals surface area contributed by atoms with Crippen molar-refractivity contribution in [3.05, 3.63) is 125 Å². The van der Waals surface area contributed by atoms with Gasteiger partial charge in [-0.2, -0.15) is 5.10 Å². The van der Waals surface area contributed by atoms with E-state index in [0.29, 0.717) is 0 Å². The van der Waals surface area contributed by atoms with Gasteiger partial charge in [0.25, 0.3) is 0 Å². The van der Waals surface area contributed by atoms with Crippen molar-refractivity contribution in [3.63, 3.8) is 0 Å². The maximum atomic E-state index is 4.85. The number of anilines is 1. The first-order valence-corrected chi connectivity index (χ1v) is 12.3. The lowest BCUT2D eigenvalue weighted by Crippen LogP contribution is -2.34. The van der Waals surface area contributed by atoms with Crippen LogP contribution in [0.5, 0.6) is 0 Å². The molecule has 1 N–H and O–H groups in total. The van der Waals surface area contributed by atoms with Crippen molar-refractivity contribution in [2.75, 3.05) is 4.90 Å². The number of para-hydroxylation sites is 1. The standard InChI is InChI=1S/C32H33N3/c1-5-23-11-13-24(14-12-23)25-15-17-26(18-16-25)30-33-34-31(35(30)29-9-7-6-8-10-29)27-19-21-28(22-20-27)32(2,3)4/h5-15,17,19-22,31,34H,1,16,18H2,2-4H3. The average Bonchev–Trinajstić information content (AvgIpc) is 3.34. The number of allylic oxidation sites excluding steroid dienone is 3. The van der Waals surface area contributed by atoms with Crippen LogP contribution in [-0.2, 0) is 5.41 Å². The molecule has 3 aromatic carbocycles. The molecule has 0 radical (unpaired) electrons. The van der Waals surface area contributed by atoms with Crippen molar-refractivity contribution >= 4 is 23.2 Å². The normalized spacial score (nSPS) is 17.9. The smallest absolute Gasteiger partial charge is 0.158 e. The summed E-state index contributed by atoms with van der Waals surface area (Å²) in [5.74, 6) is 0.999. The summed E-state index contributed by atoms with van der Waals surface area (Å²) in [6.45, 7) is 10.6. The van der Waals surface area contributed by atoms with Gasteiger partial charge in [-0.1, -0.05) is 112 Å². The average molecular weight is 460 g/mol. The van der Waals surface area contributed by atoms with E-state index in [2.05, 4.69) is 129 Å². The van der Waals surface area contributed by atoms with Crippen LogP contribution in [0.2, 0.25) is 0 Å². The number of rotatable bonds is 5. The molecule has 0 aromatic heterocycles. The van der Waals surface area contributed by atoms with E-state index in [0.717, 1.165) is 29.9 Å². The lowest BCUT2D eigenvalue weighted by molar-refractivity contribution is 0.586. The zero-order valence-corrected chi connectivity index (χ0v) is 20.8. The third-order valence-electron chi connectivity index (χ3n) is 6.86. The number of benzene rings is 3. The van der Waals surface area contributed by atoms with Gasteiger partial charge in [-0.3, -0.25) is 10.3 Å². The van der Waals surface area contributed by atoms with E-state index in [1.165, 1.54) is 27.8 Å². The summed E-state index contributed by atoms with van der Waals surface area (Å²) in [5, 5.41) is 4.85. The minimum Gasteiger partial charge on any atom is -0.298 e.